The largest absolute Gasteiger partial charge is 0.335 e. The molecule has 126 valence electrons. The molecule has 1 heterocycles. The molecule has 1 saturated heterocycles. The number of hydrogen-bond acceptors (Lipinski definition) is 3. The van der Waals surface area contributed by atoms with Gasteiger partial charge in [-0.1, -0.05) is 23.8 Å². The molecule has 2 rings (SSSR count). The Labute approximate surface area is 137 Å². The number of carbonyl (C=O) groups excluding carboxylic acids is 1. The zero-order valence-corrected chi connectivity index (χ0v) is 14.2. The van der Waals surface area contributed by atoms with Crippen molar-refractivity contribution in [1.82, 2.24) is 14.5 Å². The van der Waals surface area contributed by atoms with E-state index in [1.54, 1.807) is 35.2 Å². The molecule has 0 aromatic heterocycles. The zero-order valence-electron chi connectivity index (χ0n) is 13.4. The molecular formula is C16H23N3O3S. The monoisotopic (exact) mass is 337 g/mol. The minimum atomic E-state index is -3.51. The quantitative estimate of drug-likeness (QED) is 0.848. The molecule has 0 radical (unpaired) electrons. The topological polar surface area (TPSA) is 69.7 Å². The Kier molecular flexibility index (Phi) is 5.79. The molecule has 0 aliphatic carbocycles. The highest BCUT2D eigenvalue weighted by molar-refractivity contribution is 7.89. The highest BCUT2D eigenvalue weighted by atomic mass is 32.2. The van der Waals surface area contributed by atoms with Gasteiger partial charge in [-0.25, -0.2) is 13.2 Å². The lowest BCUT2D eigenvalue weighted by atomic mass is 10.2. The van der Waals surface area contributed by atoms with E-state index in [9.17, 15) is 13.2 Å². The van der Waals surface area contributed by atoms with Gasteiger partial charge in [0.1, 0.15) is 0 Å². The Hall–Kier alpha value is -1.86. The van der Waals surface area contributed by atoms with Crippen molar-refractivity contribution < 1.29 is 13.2 Å². The summed E-state index contributed by atoms with van der Waals surface area (Å²) in [4.78, 5) is 13.9. The number of aryl methyl sites for hydroxylation is 1. The summed E-state index contributed by atoms with van der Waals surface area (Å²) in [6, 6.07) is 6.66. The van der Waals surface area contributed by atoms with Crippen LogP contribution in [-0.2, 0) is 10.0 Å². The van der Waals surface area contributed by atoms with E-state index in [1.165, 1.54) is 4.31 Å². The second kappa shape index (κ2) is 7.61. The van der Waals surface area contributed by atoms with E-state index in [2.05, 4.69) is 11.9 Å². The van der Waals surface area contributed by atoms with Crippen molar-refractivity contribution in [3.63, 3.8) is 0 Å². The average molecular weight is 337 g/mol. The predicted octanol–water partition coefficient (Wildman–Crippen LogP) is 1.59. The molecule has 1 aromatic rings. The van der Waals surface area contributed by atoms with Crippen LogP contribution in [0, 0.1) is 6.92 Å². The van der Waals surface area contributed by atoms with Gasteiger partial charge in [0.2, 0.25) is 10.0 Å². The third-order valence-corrected chi connectivity index (χ3v) is 5.71. The molecular weight excluding hydrogens is 314 g/mol. The summed E-state index contributed by atoms with van der Waals surface area (Å²) in [5.41, 5.74) is 1.02. The molecule has 0 saturated carbocycles. The minimum Gasteiger partial charge on any atom is -0.335 e. The van der Waals surface area contributed by atoms with Gasteiger partial charge in [0.05, 0.1) is 4.90 Å². The van der Waals surface area contributed by atoms with Crippen molar-refractivity contribution in [2.24, 2.45) is 0 Å². The first kappa shape index (κ1) is 17.5. The van der Waals surface area contributed by atoms with Crippen LogP contribution in [-0.4, -0.2) is 56.4 Å². The van der Waals surface area contributed by atoms with Crippen LogP contribution in [0.2, 0.25) is 0 Å². The number of benzene rings is 1. The fraction of sp³-hybridized carbons (Fsp3) is 0.438. The van der Waals surface area contributed by atoms with Crippen molar-refractivity contribution >= 4 is 16.1 Å². The summed E-state index contributed by atoms with van der Waals surface area (Å²) >= 11 is 0. The average Bonchev–Trinajstić information content (AvgIpc) is 2.79. The molecule has 1 N–H and O–H groups in total. The van der Waals surface area contributed by atoms with Crippen LogP contribution in [0.3, 0.4) is 0 Å². The number of carbonyl (C=O) groups is 1. The van der Waals surface area contributed by atoms with Gasteiger partial charge in [-0.15, -0.1) is 6.58 Å². The normalized spacial score (nSPS) is 16.7. The Bertz CT molecular complexity index is 656. The molecule has 2 amide bonds. The van der Waals surface area contributed by atoms with Crippen LogP contribution in [0.25, 0.3) is 0 Å². The second-order valence-corrected chi connectivity index (χ2v) is 7.47. The smallest absolute Gasteiger partial charge is 0.317 e. The first-order valence-electron chi connectivity index (χ1n) is 7.65. The summed E-state index contributed by atoms with van der Waals surface area (Å²) in [5, 5.41) is 2.72. The zero-order chi connectivity index (χ0) is 16.9. The summed E-state index contributed by atoms with van der Waals surface area (Å²) in [7, 11) is -3.51. The third-order valence-electron chi connectivity index (χ3n) is 3.80. The third kappa shape index (κ3) is 4.33. The van der Waals surface area contributed by atoms with E-state index in [0.29, 0.717) is 44.0 Å². The molecule has 0 atom stereocenters. The van der Waals surface area contributed by atoms with Crippen LogP contribution in [0.15, 0.2) is 41.8 Å². The molecule has 1 aliphatic rings. The SMILES string of the molecule is C=CCNC(=O)N1CCCN(S(=O)(=O)c2ccc(C)cc2)CC1. The van der Waals surface area contributed by atoms with Crippen molar-refractivity contribution in [3.8, 4) is 0 Å². The molecule has 0 spiro atoms. The first-order chi connectivity index (χ1) is 10.9. The minimum absolute atomic E-state index is 0.181. The highest BCUT2D eigenvalue weighted by Gasteiger charge is 2.27. The number of sulfonamides is 1. The number of urea groups is 1. The highest BCUT2D eigenvalue weighted by Crippen LogP contribution is 2.18. The van der Waals surface area contributed by atoms with Crippen LogP contribution in [0.5, 0.6) is 0 Å². The van der Waals surface area contributed by atoms with Gasteiger partial charge in [0.15, 0.2) is 0 Å². The first-order valence-corrected chi connectivity index (χ1v) is 9.09. The molecule has 0 bridgehead atoms. The van der Waals surface area contributed by atoms with Crippen molar-refractivity contribution in [2.75, 3.05) is 32.7 Å². The van der Waals surface area contributed by atoms with Crippen LogP contribution >= 0.6 is 0 Å². The van der Waals surface area contributed by atoms with Crippen LogP contribution < -0.4 is 5.32 Å². The Morgan fingerprint density at radius 2 is 1.91 bits per heavy atom. The lowest BCUT2D eigenvalue weighted by Gasteiger charge is -2.22. The Balaban J connectivity index is 2.06. The van der Waals surface area contributed by atoms with Gasteiger partial charge < -0.3 is 10.2 Å². The van der Waals surface area contributed by atoms with E-state index in [-0.39, 0.29) is 6.03 Å². The maximum absolute atomic E-state index is 12.7. The van der Waals surface area contributed by atoms with Crippen molar-refractivity contribution in [1.29, 1.82) is 0 Å². The molecule has 6 nitrogen and oxygen atoms in total. The molecule has 1 aliphatic heterocycles. The summed E-state index contributed by atoms with van der Waals surface area (Å²) in [6.45, 7) is 7.53. The second-order valence-electron chi connectivity index (χ2n) is 5.53. The van der Waals surface area contributed by atoms with E-state index >= 15 is 0 Å². The molecule has 7 heteroatoms. The standard InChI is InChI=1S/C16H23N3O3S/c1-3-9-17-16(20)18-10-4-11-19(13-12-18)23(21,22)15-7-5-14(2)6-8-15/h3,5-8H,1,4,9-13H2,2H3,(H,17,20). The van der Waals surface area contributed by atoms with E-state index in [1.807, 2.05) is 6.92 Å². The van der Waals surface area contributed by atoms with Crippen LogP contribution in [0.1, 0.15) is 12.0 Å². The van der Waals surface area contributed by atoms with Crippen molar-refractivity contribution in [3.05, 3.63) is 42.5 Å². The van der Waals surface area contributed by atoms with Gasteiger partial charge >= 0.3 is 6.03 Å². The molecule has 1 fully saturated rings. The Morgan fingerprint density at radius 3 is 2.57 bits per heavy atom. The molecule has 1 aromatic carbocycles. The van der Waals surface area contributed by atoms with Gasteiger partial charge in [0.25, 0.3) is 0 Å². The fourth-order valence-corrected chi connectivity index (χ4v) is 3.94. The van der Waals surface area contributed by atoms with E-state index in [0.717, 1.165) is 5.56 Å². The van der Waals surface area contributed by atoms with Gasteiger partial charge in [-0.2, -0.15) is 4.31 Å². The fourth-order valence-electron chi connectivity index (χ4n) is 2.47. The van der Waals surface area contributed by atoms with E-state index < -0.39 is 10.0 Å². The number of amides is 2. The van der Waals surface area contributed by atoms with E-state index in [4.69, 9.17) is 0 Å². The lowest BCUT2D eigenvalue weighted by Crippen LogP contribution is -2.42. The van der Waals surface area contributed by atoms with Crippen LogP contribution in [0.4, 0.5) is 4.79 Å². The molecule has 23 heavy (non-hydrogen) atoms. The van der Waals surface area contributed by atoms with Crippen molar-refractivity contribution in [2.45, 2.75) is 18.2 Å². The number of rotatable bonds is 4. The van der Waals surface area contributed by atoms with Gasteiger partial charge in [-0.3, -0.25) is 0 Å². The number of hydrogen-bond donors (Lipinski definition) is 1. The lowest BCUT2D eigenvalue weighted by molar-refractivity contribution is 0.201. The summed E-state index contributed by atoms with van der Waals surface area (Å²) < 4.78 is 26.8. The maximum atomic E-state index is 12.7. The summed E-state index contributed by atoms with van der Waals surface area (Å²) in [5.74, 6) is 0. The number of nitrogens with zero attached hydrogens (tertiary/aromatic N) is 2. The number of nitrogens with one attached hydrogen (secondary N) is 1. The molecule has 0 unspecified atom stereocenters. The maximum Gasteiger partial charge on any atom is 0.317 e. The predicted molar refractivity (Wildman–Crippen MR) is 89.7 cm³/mol. The van der Waals surface area contributed by atoms with Gasteiger partial charge in [-0.05, 0) is 25.5 Å². The Morgan fingerprint density at radius 1 is 1.22 bits per heavy atom. The van der Waals surface area contributed by atoms with Gasteiger partial charge in [0, 0.05) is 32.7 Å². The summed E-state index contributed by atoms with van der Waals surface area (Å²) in [6.07, 6.45) is 2.23.